The number of anilines is 1. The zero-order valence-electron chi connectivity index (χ0n) is 43.6. The average molecular weight is 1080 g/mol. The molecule has 73 heavy (non-hydrogen) atoms. The molecule has 4 aromatic rings. The van der Waals surface area contributed by atoms with Gasteiger partial charge in [-0.25, -0.2) is 17.6 Å². The molecule has 10 nitrogen and oxygen atoms in total. The highest BCUT2D eigenvalue weighted by Crippen LogP contribution is 2.59. The molecule has 2 aliphatic heterocycles. The number of carbonyl (C=O) groups is 1. The van der Waals surface area contributed by atoms with Crippen LogP contribution in [0.3, 0.4) is 0 Å². The summed E-state index contributed by atoms with van der Waals surface area (Å²) in [5.74, 6) is 3.71. The molecule has 3 aliphatic carbocycles. The second-order valence-corrected chi connectivity index (χ2v) is 27.3. The second kappa shape index (κ2) is 22.0. The number of nitrogens with zero attached hydrogens (tertiary/aromatic N) is 2. The highest BCUT2D eigenvalue weighted by atomic mass is 35.5. The summed E-state index contributed by atoms with van der Waals surface area (Å²) in [5.41, 5.74) is 4.14. The Kier molecular flexibility index (Phi) is 16.2. The Labute approximate surface area is 446 Å². The van der Waals surface area contributed by atoms with Crippen LogP contribution >= 0.6 is 35.1 Å². The van der Waals surface area contributed by atoms with Gasteiger partial charge in [0, 0.05) is 38.7 Å². The molecular formula is C58H72ClFN2O8S3. The minimum Gasteiger partial charge on any atom is -0.497 e. The number of halogens is 2. The Hall–Kier alpha value is -3.92. The van der Waals surface area contributed by atoms with E-state index in [4.69, 9.17) is 35.3 Å². The van der Waals surface area contributed by atoms with Crippen LogP contribution in [0.15, 0.2) is 90.5 Å². The lowest BCUT2D eigenvalue weighted by Gasteiger charge is -2.57. The van der Waals surface area contributed by atoms with Gasteiger partial charge < -0.3 is 28.6 Å². The topological polar surface area (TPSA) is 104 Å². The van der Waals surface area contributed by atoms with Gasteiger partial charge in [-0.1, -0.05) is 54.9 Å². The number of fused-ring (bicyclic) bond motifs is 3. The Morgan fingerprint density at radius 1 is 0.918 bits per heavy atom. The third-order valence-electron chi connectivity index (χ3n) is 16.4. The van der Waals surface area contributed by atoms with Gasteiger partial charge in [0.2, 0.25) is 10.0 Å². The van der Waals surface area contributed by atoms with Crippen LogP contribution in [0.2, 0.25) is 5.02 Å². The number of esters is 1. The molecule has 4 aromatic carbocycles. The highest BCUT2D eigenvalue weighted by molar-refractivity contribution is 8.17. The molecule has 394 valence electrons. The van der Waals surface area contributed by atoms with Crippen LogP contribution in [0, 0.1) is 29.5 Å². The summed E-state index contributed by atoms with van der Waals surface area (Å²) in [7, 11) is 1.31. The van der Waals surface area contributed by atoms with E-state index >= 15 is 4.39 Å². The van der Waals surface area contributed by atoms with Gasteiger partial charge in [-0.05, 0) is 184 Å². The van der Waals surface area contributed by atoms with Gasteiger partial charge in [0.1, 0.15) is 34.3 Å². The summed E-state index contributed by atoms with van der Waals surface area (Å²) >= 11 is 10.4. The van der Waals surface area contributed by atoms with Gasteiger partial charge in [-0.3, -0.25) is 0 Å². The monoisotopic (exact) mass is 1070 g/mol. The molecule has 1 saturated carbocycles. The Bertz CT molecular complexity index is 2720. The zero-order chi connectivity index (χ0) is 51.9. The summed E-state index contributed by atoms with van der Waals surface area (Å²) in [6, 6.07) is 24.4. The van der Waals surface area contributed by atoms with Crippen LogP contribution in [0.4, 0.5) is 10.1 Å². The van der Waals surface area contributed by atoms with Crippen molar-refractivity contribution in [1.29, 1.82) is 0 Å². The second-order valence-electron chi connectivity index (χ2n) is 21.9. The van der Waals surface area contributed by atoms with E-state index in [1.165, 1.54) is 5.57 Å². The minimum absolute atomic E-state index is 0.0382. The van der Waals surface area contributed by atoms with E-state index in [2.05, 4.69) is 17.9 Å². The minimum atomic E-state index is -3.81. The molecule has 0 N–H and O–H groups in total. The normalized spacial score (nSPS) is 23.8. The first-order valence-corrected chi connectivity index (χ1v) is 29.8. The SMILES string of the molecule is COc1ccc(CN(Cc2ccc(OC)cc2)S(=O)(=O)[C@H](C)[C@@H](C)[C@H]2C=C([C@@](OC)(C3SCCCS3)[C@@H]3CC[C@H]3CN3C[C@@]4(CCCc5c4ccc(Cl)c5F)COc4ccc(C(=O)OC(C)(C)C)cc43)C2)cc1. The maximum Gasteiger partial charge on any atom is 0.338 e. The number of ether oxygens (including phenoxy) is 5. The van der Waals surface area contributed by atoms with Crippen molar-refractivity contribution < 1.29 is 41.3 Å². The van der Waals surface area contributed by atoms with Gasteiger partial charge in [0.05, 0.1) is 46.9 Å². The van der Waals surface area contributed by atoms with Crippen LogP contribution in [-0.2, 0) is 44.4 Å². The third kappa shape index (κ3) is 10.9. The van der Waals surface area contributed by atoms with E-state index in [-0.39, 0.29) is 52.2 Å². The summed E-state index contributed by atoms with van der Waals surface area (Å²) in [5, 5.41) is -0.537. The molecule has 1 spiro atoms. The van der Waals surface area contributed by atoms with E-state index in [0.717, 1.165) is 72.4 Å². The van der Waals surface area contributed by atoms with Crippen molar-refractivity contribution in [2.75, 3.05) is 57.4 Å². The van der Waals surface area contributed by atoms with E-state index in [9.17, 15) is 13.2 Å². The fourth-order valence-electron chi connectivity index (χ4n) is 12.0. The zero-order valence-corrected chi connectivity index (χ0v) is 46.8. The van der Waals surface area contributed by atoms with E-state index in [1.807, 2.05) is 125 Å². The average Bonchev–Trinajstić information content (AvgIpc) is 3.51. The van der Waals surface area contributed by atoms with Gasteiger partial charge >= 0.3 is 5.97 Å². The fraction of sp³-hybridized carbons (Fsp3) is 0.534. The predicted octanol–water partition coefficient (Wildman–Crippen LogP) is 12.5. The number of rotatable bonds is 17. The van der Waals surface area contributed by atoms with E-state index in [0.29, 0.717) is 54.5 Å². The number of hydrogen-bond donors (Lipinski definition) is 0. The largest absolute Gasteiger partial charge is 0.497 e. The summed E-state index contributed by atoms with van der Waals surface area (Å²) < 4.78 is 78.0. The first-order chi connectivity index (χ1) is 34.9. The summed E-state index contributed by atoms with van der Waals surface area (Å²) in [6.07, 6.45) is 8.45. The van der Waals surface area contributed by atoms with Crippen molar-refractivity contribution in [2.45, 2.75) is 119 Å². The molecule has 5 aliphatic rings. The van der Waals surface area contributed by atoms with E-state index in [1.54, 1.807) is 30.7 Å². The molecule has 2 heterocycles. The number of thioether (sulfide) groups is 2. The van der Waals surface area contributed by atoms with Crippen molar-refractivity contribution in [3.8, 4) is 17.2 Å². The molecule has 2 fully saturated rings. The Morgan fingerprint density at radius 3 is 2.14 bits per heavy atom. The molecule has 0 bridgehead atoms. The molecule has 0 amide bonds. The molecule has 9 rings (SSSR count). The molecule has 7 atom stereocenters. The van der Waals surface area contributed by atoms with Gasteiger partial charge in [0.15, 0.2) is 0 Å². The third-order valence-corrected chi connectivity index (χ3v) is 22.2. The Balaban J connectivity index is 1.02. The van der Waals surface area contributed by atoms with Crippen LogP contribution in [-0.4, -0.2) is 92.3 Å². The summed E-state index contributed by atoms with van der Waals surface area (Å²) in [6.45, 7) is 11.6. The van der Waals surface area contributed by atoms with Gasteiger partial charge in [-0.15, -0.1) is 23.5 Å². The lowest BCUT2D eigenvalue weighted by atomic mass is 9.58. The number of allylic oxidation sites excluding steroid dienone is 1. The standard InChI is InChI=1S/C58H72ClFN2O8S3/c1-37(38(2)73(64,65)62(32-39-12-18-45(66-6)19-13-39)33-40-14-20-46(67-7)21-15-40)43-29-44(30-43)58(68-8,55-71-27-10-28-72-55)48-22-16-42(48)34-61-35-57(26-9-11-47-49(57)23-24-50(59)53(47)60)36-69-52-25-17-41(31-51(52)61)54(63)70-56(3,4)5/h12-15,17-21,23-25,29,31,37-38,42-43,48,55H,9-11,16,22,26-28,30,32-36H2,1-8H3/t37-,38-,42+,43+,48-,57+,58+/m1/s1. The van der Waals surface area contributed by atoms with Crippen LogP contribution in [0.5, 0.6) is 17.2 Å². The van der Waals surface area contributed by atoms with Crippen molar-refractivity contribution in [2.24, 2.45) is 23.7 Å². The number of benzene rings is 4. The van der Waals surface area contributed by atoms with Crippen LogP contribution in [0.1, 0.15) is 106 Å². The van der Waals surface area contributed by atoms with Crippen molar-refractivity contribution in [1.82, 2.24) is 4.31 Å². The maximum atomic E-state index is 15.9. The smallest absolute Gasteiger partial charge is 0.338 e. The lowest BCUT2D eigenvalue weighted by Crippen LogP contribution is -2.60. The van der Waals surface area contributed by atoms with Crippen molar-refractivity contribution >= 4 is 56.8 Å². The quantitative estimate of drug-likeness (QED) is 0.0746. The maximum absolute atomic E-state index is 15.9. The molecule has 0 aromatic heterocycles. The summed E-state index contributed by atoms with van der Waals surface area (Å²) in [4.78, 5) is 16.1. The van der Waals surface area contributed by atoms with Crippen LogP contribution in [0.25, 0.3) is 0 Å². The number of hydrogen-bond acceptors (Lipinski definition) is 11. The molecule has 0 radical (unpaired) electrons. The lowest BCUT2D eigenvalue weighted by molar-refractivity contribution is -0.0784. The number of methoxy groups -OCH3 is 3. The number of carbonyl (C=O) groups excluding carboxylic acids is 1. The van der Waals surface area contributed by atoms with E-state index < -0.39 is 37.9 Å². The Morgan fingerprint density at radius 2 is 1.56 bits per heavy atom. The first-order valence-electron chi connectivity index (χ1n) is 25.9. The van der Waals surface area contributed by atoms with Crippen molar-refractivity contribution in [3.63, 3.8) is 0 Å². The fourth-order valence-corrected chi connectivity index (χ4v) is 17.6. The molecule has 1 saturated heterocycles. The van der Waals surface area contributed by atoms with Gasteiger partial charge in [0.25, 0.3) is 0 Å². The molecule has 0 unspecified atom stereocenters. The molecule has 15 heteroatoms. The van der Waals surface area contributed by atoms with Crippen molar-refractivity contribution in [3.05, 3.63) is 129 Å². The number of sulfonamides is 1. The van der Waals surface area contributed by atoms with Gasteiger partial charge in [-0.2, -0.15) is 4.31 Å². The highest BCUT2D eigenvalue weighted by Gasteiger charge is 2.58. The molecular weight excluding hydrogens is 1000 g/mol. The predicted molar refractivity (Wildman–Crippen MR) is 294 cm³/mol. The van der Waals surface area contributed by atoms with Crippen LogP contribution < -0.4 is 19.1 Å². The first kappa shape index (κ1) is 53.9.